The molecule has 0 amide bonds. The van der Waals surface area contributed by atoms with E-state index < -0.39 is 0 Å². The van der Waals surface area contributed by atoms with E-state index in [1.54, 1.807) is 0 Å². The number of nitrogens with one attached hydrogen (secondary N) is 1. The predicted molar refractivity (Wildman–Crippen MR) is 77.8 cm³/mol. The molecule has 0 atom stereocenters. The average Bonchev–Trinajstić information content (AvgIpc) is 3.15. The molecule has 2 heteroatoms. The molecule has 0 spiro atoms. The standard InChI is InChI=1S/C16H26N2/c1-13(2)18(3)12-15-7-5-4-6-14(15)10-11-17-16-8-9-16/h4-7,13,16-17H,8-12H2,1-3H3. The molecule has 1 aliphatic rings. The molecule has 2 nitrogen and oxygen atoms in total. The third kappa shape index (κ3) is 4.11. The Morgan fingerprint density at radius 2 is 1.89 bits per heavy atom. The van der Waals surface area contributed by atoms with Gasteiger partial charge in [-0.2, -0.15) is 0 Å². The summed E-state index contributed by atoms with van der Waals surface area (Å²) in [5, 5.41) is 3.59. The topological polar surface area (TPSA) is 15.3 Å². The Morgan fingerprint density at radius 3 is 2.50 bits per heavy atom. The van der Waals surface area contributed by atoms with E-state index in [0.29, 0.717) is 6.04 Å². The third-order valence-electron chi connectivity index (χ3n) is 3.82. The van der Waals surface area contributed by atoms with Gasteiger partial charge in [0.25, 0.3) is 0 Å². The Bertz CT molecular complexity index is 369. The van der Waals surface area contributed by atoms with Crippen molar-refractivity contribution in [2.24, 2.45) is 0 Å². The van der Waals surface area contributed by atoms with Crippen molar-refractivity contribution in [2.75, 3.05) is 13.6 Å². The first-order valence-corrected chi connectivity index (χ1v) is 7.17. The van der Waals surface area contributed by atoms with Gasteiger partial charge in [-0.15, -0.1) is 0 Å². The molecule has 0 unspecified atom stereocenters. The zero-order chi connectivity index (χ0) is 13.0. The van der Waals surface area contributed by atoms with E-state index in [1.807, 2.05) is 0 Å². The van der Waals surface area contributed by atoms with E-state index in [0.717, 1.165) is 25.6 Å². The van der Waals surface area contributed by atoms with Crippen molar-refractivity contribution in [1.82, 2.24) is 10.2 Å². The monoisotopic (exact) mass is 246 g/mol. The predicted octanol–water partition coefficient (Wildman–Crippen LogP) is 2.82. The van der Waals surface area contributed by atoms with Crippen LogP contribution in [0, 0.1) is 0 Å². The van der Waals surface area contributed by atoms with Gasteiger partial charge < -0.3 is 5.32 Å². The van der Waals surface area contributed by atoms with Crippen molar-refractivity contribution < 1.29 is 0 Å². The summed E-state index contributed by atoms with van der Waals surface area (Å²) >= 11 is 0. The highest BCUT2D eigenvalue weighted by Crippen LogP contribution is 2.19. The van der Waals surface area contributed by atoms with Gasteiger partial charge in [0, 0.05) is 18.6 Å². The van der Waals surface area contributed by atoms with Crippen LogP contribution in [0.4, 0.5) is 0 Å². The van der Waals surface area contributed by atoms with E-state index >= 15 is 0 Å². The minimum atomic E-state index is 0.600. The molecule has 0 bridgehead atoms. The van der Waals surface area contributed by atoms with Crippen molar-refractivity contribution in [3.63, 3.8) is 0 Å². The van der Waals surface area contributed by atoms with Gasteiger partial charge >= 0.3 is 0 Å². The fourth-order valence-corrected chi connectivity index (χ4v) is 2.11. The number of hydrogen-bond acceptors (Lipinski definition) is 2. The summed E-state index contributed by atoms with van der Waals surface area (Å²) in [6.45, 7) is 6.67. The summed E-state index contributed by atoms with van der Waals surface area (Å²) in [5.74, 6) is 0. The Labute approximate surface area is 111 Å². The smallest absolute Gasteiger partial charge is 0.0236 e. The van der Waals surface area contributed by atoms with Crippen molar-refractivity contribution in [3.05, 3.63) is 35.4 Å². The van der Waals surface area contributed by atoms with Crippen LogP contribution in [0.2, 0.25) is 0 Å². The average molecular weight is 246 g/mol. The second kappa shape index (κ2) is 6.35. The van der Waals surface area contributed by atoms with E-state index in [2.05, 4.69) is 55.4 Å². The van der Waals surface area contributed by atoms with Crippen LogP contribution in [-0.4, -0.2) is 30.6 Å². The minimum absolute atomic E-state index is 0.600. The van der Waals surface area contributed by atoms with Gasteiger partial charge in [0.15, 0.2) is 0 Å². The van der Waals surface area contributed by atoms with Gasteiger partial charge in [0.05, 0.1) is 0 Å². The summed E-state index contributed by atoms with van der Waals surface area (Å²) in [5.41, 5.74) is 2.98. The van der Waals surface area contributed by atoms with E-state index in [1.165, 1.54) is 24.0 Å². The third-order valence-corrected chi connectivity index (χ3v) is 3.82. The lowest BCUT2D eigenvalue weighted by molar-refractivity contribution is 0.265. The molecule has 0 radical (unpaired) electrons. The van der Waals surface area contributed by atoms with Gasteiger partial charge in [-0.1, -0.05) is 24.3 Å². The van der Waals surface area contributed by atoms with Crippen LogP contribution in [0.3, 0.4) is 0 Å². The maximum Gasteiger partial charge on any atom is 0.0236 e. The molecule has 1 aromatic rings. The molecule has 0 saturated heterocycles. The number of benzene rings is 1. The molecular formula is C16H26N2. The Hall–Kier alpha value is -0.860. The normalized spacial score (nSPS) is 15.6. The Kier molecular flexibility index (Phi) is 4.79. The highest BCUT2D eigenvalue weighted by Gasteiger charge is 2.19. The number of nitrogens with zero attached hydrogens (tertiary/aromatic N) is 1. The second-order valence-corrected chi connectivity index (χ2v) is 5.76. The molecular weight excluding hydrogens is 220 g/mol. The summed E-state index contributed by atoms with van der Waals surface area (Å²) in [7, 11) is 2.20. The van der Waals surface area contributed by atoms with Crippen LogP contribution < -0.4 is 5.32 Å². The molecule has 18 heavy (non-hydrogen) atoms. The van der Waals surface area contributed by atoms with Gasteiger partial charge in [-0.3, -0.25) is 4.90 Å². The molecule has 0 heterocycles. The van der Waals surface area contributed by atoms with Crippen molar-refractivity contribution >= 4 is 0 Å². The van der Waals surface area contributed by atoms with Crippen molar-refractivity contribution in [1.29, 1.82) is 0 Å². The van der Waals surface area contributed by atoms with E-state index in [-0.39, 0.29) is 0 Å². The maximum atomic E-state index is 3.59. The zero-order valence-corrected chi connectivity index (χ0v) is 11.9. The van der Waals surface area contributed by atoms with Crippen LogP contribution in [0.1, 0.15) is 37.8 Å². The summed E-state index contributed by atoms with van der Waals surface area (Å²) in [6.07, 6.45) is 3.90. The SMILES string of the molecule is CC(C)N(C)Cc1ccccc1CCNC1CC1. The Balaban J connectivity index is 1.90. The quantitative estimate of drug-likeness (QED) is 0.796. The molecule has 0 aromatic heterocycles. The van der Waals surface area contributed by atoms with Crippen molar-refractivity contribution in [2.45, 2.75) is 51.7 Å². The van der Waals surface area contributed by atoms with Gasteiger partial charge in [0.1, 0.15) is 0 Å². The summed E-state index contributed by atoms with van der Waals surface area (Å²) in [4.78, 5) is 2.40. The lowest BCUT2D eigenvalue weighted by Crippen LogP contribution is -2.26. The van der Waals surface area contributed by atoms with Crippen molar-refractivity contribution in [3.8, 4) is 0 Å². The van der Waals surface area contributed by atoms with E-state index in [9.17, 15) is 0 Å². The van der Waals surface area contributed by atoms with Crippen LogP contribution in [0.15, 0.2) is 24.3 Å². The van der Waals surface area contributed by atoms with Crippen LogP contribution >= 0.6 is 0 Å². The second-order valence-electron chi connectivity index (χ2n) is 5.76. The van der Waals surface area contributed by atoms with E-state index in [4.69, 9.17) is 0 Å². The molecule has 100 valence electrons. The fraction of sp³-hybridized carbons (Fsp3) is 0.625. The molecule has 1 N–H and O–H groups in total. The summed E-state index contributed by atoms with van der Waals surface area (Å²) < 4.78 is 0. The van der Waals surface area contributed by atoms with Crippen LogP contribution in [0.5, 0.6) is 0 Å². The van der Waals surface area contributed by atoms with Gasteiger partial charge in [-0.05, 0) is 57.8 Å². The molecule has 1 saturated carbocycles. The lowest BCUT2D eigenvalue weighted by atomic mass is 10.0. The molecule has 0 aliphatic heterocycles. The fourth-order valence-electron chi connectivity index (χ4n) is 2.11. The minimum Gasteiger partial charge on any atom is -0.314 e. The highest BCUT2D eigenvalue weighted by molar-refractivity contribution is 5.27. The zero-order valence-electron chi connectivity index (χ0n) is 11.9. The lowest BCUT2D eigenvalue weighted by Gasteiger charge is -2.22. The molecule has 2 rings (SSSR count). The highest BCUT2D eigenvalue weighted by atomic mass is 15.1. The van der Waals surface area contributed by atoms with Crippen LogP contribution in [-0.2, 0) is 13.0 Å². The first-order chi connectivity index (χ1) is 8.66. The van der Waals surface area contributed by atoms with Gasteiger partial charge in [0.2, 0.25) is 0 Å². The summed E-state index contributed by atoms with van der Waals surface area (Å²) in [6, 6.07) is 10.3. The first-order valence-electron chi connectivity index (χ1n) is 7.17. The maximum absolute atomic E-state index is 3.59. The number of hydrogen-bond donors (Lipinski definition) is 1. The van der Waals surface area contributed by atoms with Crippen LogP contribution in [0.25, 0.3) is 0 Å². The Morgan fingerprint density at radius 1 is 1.22 bits per heavy atom. The molecule has 1 aromatic carbocycles. The first kappa shape index (κ1) is 13.6. The molecule has 1 aliphatic carbocycles. The molecule has 1 fully saturated rings. The number of rotatable bonds is 7. The van der Waals surface area contributed by atoms with Gasteiger partial charge in [-0.25, -0.2) is 0 Å². The largest absolute Gasteiger partial charge is 0.314 e.